The van der Waals surface area contributed by atoms with Crippen molar-refractivity contribution in [2.45, 2.75) is 97.9 Å². The molecule has 6 bridgehead atoms. The lowest BCUT2D eigenvalue weighted by Gasteiger charge is -2.37. The number of esters is 1. The van der Waals surface area contributed by atoms with Crippen molar-refractivity contribution in [3.05, 3.63) is 84.2 Å². The van der Waals surface area contributed by atoms with Crippen molar-refractivity contribution < 1.29 is 33.8 Å². The average molecular weight is 889 g/mol. The number of rotatable bonds is 10. The van der Waals surface area contributed by atoms with Crippen LogP contribution in [0.15, 0.2) is 67.4 Å². The van der Waals surface area contributed by atoms with E-state index in [0.29, 0.717) is 50.9 Å². The number of nitrogens with zero attached hydrogens (tertiary/aromatic N) is 5. The first-order valence-corrected chi connectivity index (χ1v) is 22.8. The number of carbonyl (C=O) groups excluding carboxylic acids is 5. The highest BCUT2D eigenvalue weighted by atomic mass is 16.5. The average Bonchev–Trinajstić information content (AvgIpc) is 3.90. The number of cyclic esters (lactones) is 1. The number of benzene rings is 2. The maximum atomic E-state index is 14.7. The first-order valence-electron chi connectivity index (χ1n) is 22.8. The zero-order chi connectivity index (χ0) is 46.7. The molecule has 346 valence electrons. The van der Waals surface area contributed by atoms with Gasteiger partial charge in [-0.05, 0) is 110 Å². The van der Waals surface area contributed by atoms with Gasteiger partial charge in [-0.25, -0.2) is 5.43 Å². The van der Waals surface area contributed by atoms with Crippen LogP contribution in [0, 0.1) is 17.3 Å². The van der Waals surface area contributed by atoms with Crippen LogP contribution in [0.3, 0.4) is 0 Å². The minimum Gasteiger partial charge on any atom is -0.508 e. The molecule has 7 rings (SSSR count). The molecular formula is C50H64N8O7. The second-order valence-corrected chi connectivity index (χ2v) is 18.9. The topological polar surface area (TPSA) is 178 Å². The molecule has 0 saturated carbocycles. The van der Waals surface area contributed by atoms with Gasteiger partial charge in [0.05, 0.1) is 23.9 Å². The Bertz CT molecular complexity index is 2480. The lowest BCUT2D eigenvalue weighted by Crippen LogP contribution is -2.62. The monoisotopic (exact) mass is 888 g/mol. The van der Waals surface area contributed by atoms with Crippen LogP contribution < -0.4 is 16.1 Å². The summed E-state index contributed by atoms with van der Waals surface area (Å²) in [5.41, 5.74) is 9.85. The molecule has 0 aliphatic carbocycles. The van der Waals surface area contributed by atoms with Crippen molar-refractivity contribution in [3.63, 3.8) is 0 Å². The molecule has 2 aromatic carbocycles. The summed E-state index contributed by atoms with van der Waals surface area (Å²) < 4.78 is 8.41. The van der Waals surface area contributed by atoms with Gasteiger partial charge in [0.1, 0.15) is 23.9 Å². The molecule has 3 aliphatic heterocycles. The van der Waals surface area contributed by atoms with E-state index in [2.05, 4.69) is 66.2 Å². The van der Waals surface area contributed by atoms with E-state index < -0.39 is 47.2 Å². The Hall–Kier alpha value is -6.06. The van der Waals surface area contributed by atoms with Gasteiger partial charge in [-0.2, -0.15) is 0 Å². The number of aryl methyl sites for hydroxylation is 1. The summed E-state index contributed by atoms with van der Waals surface area (Å²) in [5, 5.41) is 20.0. The van der Waals surface area contributed by atoms with E-state index in [1.165, 1.54) is 16.0 Å². The van der Waals surface area contributed by atoms with Gasteiger partial charge < -0.3 is 34.8 Å². The molecule has 2 aromatic heterocycles. The molecule has 2 saturated heterocycles. The van der Waals surface area contributed by atoms with Crippen molar-refractivity contribution in [3.8, 4) is 28.1 Å². The fourth-order valence-electron chi connectivity index (χ4n) is 9.87. The molecular weight excluding hydrogens is 825 g/mol. The van der Waals surface area contributed by atoms with Crippen molar-refractivity contribution in [2.24, 2.45) is 17.3 Å². The summed E-state index contributed by atoms with van der Waals surface area (Å²) in [6.45, 7) is 15.8. The summed E-state index contributed by atoms with van der Waals surface area (Å²) in [7, 11) is 3.48. The smallest absolute Gasteiger partial charge is 0.324 e. The first kappa shape index (κ1) is 46.9. The molecule has 2 fully saturated rings. The lowest BCUT2D eigenvalue weighted by molar-refractivity contribution is -0.155. The third-order valence-corrected chi connectivity index (χ3v) is 13.0. The Labute approximate surface area is 381 Å². The molecule has 0 unspecified atom stereocenters. The summed E-state index contributed by atoms with van der Waals surface area (Å²) in [6, 6.07) is 12.6. The summed E-state index contributed by atoms with van der Waals surface area (Å²) in [6.07, 6.45) is 5.01. The molecule has 65 heavy (non-hydrogen) atoms. The van der Waals surface area contributed by atoms with Gasteiger partial charge in [-0.1, -0.05) is 46.4 Å². The molecule has 4 atom stereocenters. The van der Waals surface area contributed by atoms with Crippen molar-refractivity contribution in [2.75, 3.05) is 40.3 Å². The van der Waals surface area contributed by atoms with E-state index in [4.69, 9.17) is 9.72 Å². The quantitative estimate of drug-likeness (QED) is 0.126. The molecule has 0 radical (unpaired) electrons. The second kappa shape index (κ2) is 19.6. The standard InChI is InChI=1S/C50H64N8O7/c1-9-43(60)56-20-17-33(28-56)47(62)55(8)44(30(3)4)46(61)53-40-23-31-21-34(24-35(59)22-31)32-15-16-42-37(25-32)38(45(57(42)10-2)36-13-11-18-52-41(36)27-51-7)26-50(5,6)29-65-49(64)39-14-12-19-58(54-39)48(40)63/h9,11,13,15-16,18,21-22,24-25,30,33,39-40,44,51,54,59H,1,10,12,14,17,19-20,23,26-29H2,2-8H3,(H,53,61)/t33-,39-,40-,44-/m0/s1. The van der Waals surface area contributed by atoms with Gasteiger partial charge >= 0.3 is 5.97 Å². The Kier molecular flexibility index (Phi) is 14.1. The lowest BCUT2D eigenvalue weighted by atomic mass is 9.84. The summed E-state index contributed by atoms with van der Waals surface area (Å²) in [5.74, 6) is -2.83. The first-order chi connectivity index (χ1) is 31.0. The predicted molar refractivity (Wildman–Crippen MR) is 249 cm³/mol. The van der Waals surface area contributed by atoms with Crippen molar-refractivity contribution >= 4 is 40.5 Å². The maximum absolute atomic E-state index is 14.7. The third kappa shape index (κ3) is 9.96. The fraction of sp³-hybridized carbons (Fsp3) is 0.480. The molecule has 4 amide bonds. The number of hydrogen-bond acceptors (Lipinski definition) is 10. The number of phenolic OH excluding ortho intramolecular Hbond substituents is 1. The molecule has 5 heterocycles. The highest BCUT2D eigenvalue weighted by Crippen LogP contribution is 2.41. The van der Waals surface area contributed by atoms with Crippen molar-refractivity contribution in [1.82, 2.24) is 40.4 Å². The number of carbonyl (C=O) groups is 5. The van der Waals surface area contributed by atoms with Gasteiger partial charge in [-0.3, -0.25) is 34.0 Å². The number of nitrogens with one attached hydrogen (secondary N) is 3. The van der Waals surface area contributed by atoms with Crippen LogP contribution in [0.4, 0.5) is 0 Å². The number of amides is 4. The Morgan fingerprint density at radius 2 is 1.88 bits per heavy atom. The van der Waals surface area contributed by atoms with E-state index in [1.807, 2.05) is 39.1 Å². The number of aromatic hydroxyl groups is 1. The van der Waals surface area contributed by atoms with Gasteiger partial charge in [0.2, 0.25) is 17.7 Å². The number of aromatic nitrogens is 2. The highest BCUT2D eigenvalue weighted by molar-refractivity contribution is 5.96. The summed E-state index contributed by atoms with van der Waals surface area (Å²) in [4.78, 5) is 77.1. The number of likely N-dealkylation sites (tertiary alicyclic amines) is 1. The molecule has 15 heteroatoms. The van der Waals surface area contributed by atoms with Crippen LogP contribution in [0.5, 0.6) is 5.75 Å². The predicted octanol–water partition coefficient (Wildman–Crippen LogP) is 4.98. The van der Waals surface area contributed by atoms with E-state index in [0.717, 1.165) is 44.5 Å². The SMILES string of the molecule is C=CC(=O)N1CC[C@H](C(=O)N(C)[C@H](C(=O)N[C@H]2Cc3cc(O)cc(c3)-c3ccc4c(c3)c(c(-c3cccnc3CNC)n4CC)CC(C)(C)COC(=O)[C@@H]3CCCN(N3)C2=O)C(C)C)C1. The third-order valence-electron chi connectivity index (χ3n) is 13.0. The van der Waals surface area contributed by atoms with Gasteiger partial charge in [0, 0.05) is 74.3 Å². The highest BCUT2D eigenvalue weighted by Gasteiger charge is 2.40. The van der Waals surface area contributed by atoms with E-state index >= 15 is 0 Å². The van der Waals surface area contributed by atoms with Crippen molar-refractivity contribution in [1.29, 1.82) is 0 Å². The van der Waals surface area contributed by atoms with E-state index in [1.54, 1.807) is 30.3 Å². The van der Waals surface area contributed by atoms with Crippen LogP contribution in [0.1, 0.15) is 70.7 Å². The largest absolute Gasteiger partial charge is 0.508 e. The zero-order valence-corrected chi connectivity index (χ0v) is 38.8. The number of hydrogen-bond donors (Lipinski definition) is 4. The van der Waals surface area contributed by atoms with Crippen LogP contribution in [0.25, 0.3) is 33.3 Å². The molecule has 4 aromatic rings. The molecule has 3 aliphatic rings. The number of pyridine rings is 1. The zero-order valence-electron chi connectivity index (χ0n) is 38.8. The van der Waals surface area contributed by atoms with Gasteiger partial charge in [0.25, 0.3) is 5.91 Å². The minimum absolute atomic E-state index is 0.00369. The second-order valence-electron chi connectivity index (χ2n) is 18.9. The number of likely N-dealkylation sites (N-methyl/N-ethyl adjacent to an activating group) is 1. The van der Waals surface area contributed by atoms with Gasteiger partial charge in [-0.15, -0.1) is 0 Å². The Balaban J connectivity index is 1.30. The fourth-order valence-corrected chi connectivity index (χ4v) is 9.87. The Morgan fingerprint density at radius 3 is 2.60 bits per heavy atom. The van der Waals surface area contributed by atoms with E-state index in [-0.39, 0.29) is 49.6 Å². The number of ether oxygens (including phenoxy) is 1. The maximum Gasteiger partial charge on any atom is 0.324 e. The van der Waals surface area contributed by atoms with Crippen LogP contribution >= 0.6 is 0 Å². The normalized spacial score (nSPS) is 20.6. The molecule has 0 spiro atoms. The minimum atomic E-state index is -1.16. The van der Waals surface area contributed by atoms with E-state index in [9.17, 15) is 29.1 Å². The van der Waals surface area contributed by atoms with Crippen LogP contribution in [0.2, 0.25) is 0 Å². The Morgan fingerprint density at radius 1 is 1.09 bits per heavy atom. The van der Waals surface area contributed by atoms with Gasteiger partial charge in [0.15, 0.2) is 0 Å². The number of phenols is 1. The number of hydrazine groups is 1. The summed E-state index contributed by atoms with van der Waals surface area (Å²) >= 11 is 0. The molecule has 4 N–H and O–H groups in total. The van der Waals surface area contributed by atoms with Crippen LogP contribution in [-0.2, 0) is 54.6 Å². The number of fused-ring (bicyclic) bond motifs is 6. The van der Waals surface area contributed by atoms with Crippen LogP contribution in [-0.4, -0.2) is 118 Å². The molecule has 15 nitrogen and oxygen atoms in total.